The zero-order valence-electron chi connectivity index (χ0n) is 21.7. The first kappa shape index (κ1) is 25.9. The van der Waals surface area contributed by atoms with Gasteiger partial charge in [-0.05, 0) is 86.5 Å². The molecule has 6 rings (SSSR count). The number of piperazine rings is 1. The topological polar surface area (TPSA) is 65.5 Å². The van der Waals surface area contributed by atoms with Gasteiger partial charge in [0.2, 0.25) is 0 Å². The second kappa shape index (κ2) is 9.99. The maximum absolute atomic E-state index is 14.5. The molecule has 2 atom stereocenters. The van der Waals surface area contributed by atoms with Gasteiger partial charge in [0.15, 0.2) is 0 Å². The SMILES string of the molecule is CCOC(=O)c1ccc(N2N=C(C)[C@]3(Cc4cc(Br)ccc4N4CCN(c5cccc(Cl)c5)C[C@@H]43)C2=O)cc1. The number of rotatable bonds is 4. The van der Waals surface area contributed by atoms with E-state index in [0.717, 1.165) is 40.2 Å². The first-order valence-electron chi connectivity index (χ1n) is 13.0. The summed E-state index contributed by atoms with van der Waals surface area (Å²) in [4.78, 5) is 31.4. The van der Waals surface area contributed by atoms with E-state index in [2.05, 4.69) is 50.0 Å². The van der Waals surface area contributed by atoms with Crippen LogP contribution in [0.4, 0.5) is 17.1 Å². The number of carbonyl (C=O) groups is 2. The van der Waals surface area contributed by atoms with Gasteiger partial charge in [0.1, 0.15) is 5.41 Å². The number of esters is 1. The molecule has 1 amide bonds. The molecule has 3 aromatic carbocycles. The smallest absolute Gasteiger partial charge is 0.338 e. The molecular weight excluding hydrogens is 580 g/mol. The van der Waals surface area contributed by atoms with Crippen molar-refractivity contribution >= 4 is 62.2 Å². The number of hydrogen-bond acceptors (Lipinski definition) is 6. The second-order valence-corrected chi connectivity index (χ2v) is 11.5. The minimum absolute atomic E-state index is 0.0579. The Morgan fingerprint density at radius 1 is 1.10 bits per heavy atom. The number of carbonyl (C=O) groups excluding carboxylic acids is 2. The van der Waals surface area contributed by atoms with Crippen LogP contribution in [0.1, 0.15) is 29.8 Å². The third kappa shape index (κ3) is 4.30. The Morgan fingerprint density at radius 2 is 1.90 bits per heavy atom. The fourth-order valence-corrected chi connectivity index (χ4v) is 6.73. The lowest BCUT2D eigenvalue weighted by atomic mass is 9.67. The number of hydrazone groups is 1. The highest BCUT2D eigenvalue weighted by molar-refractivity contribution is 9.10. The van der Waals surface area contributed by atoms with Crippen molar-refractivity contribution in [2.24, 2.45) is 10.5 Å². The van der Waals surface area contributed by atoms with Crippen LogP contribution in [-0.4, -0.2) is 49.9 Å². The minimum atomic E-state index is -0.842. The van der Waals surface area contributed by atoms with E-state index >= 15 is 0 Å². The molecule has 0 unspecified atom stereocenters. The molecule has 0 aliphatic carbocycles. The molecule has 3 aliphatic rings. The quantitative estimate of drug-likeness (QED) is 0.344. The van der Waals surface area contributed by atoms with Gasteiger partial charge < -0.3 is 14.5 Å². The summed E-state index contributed by atoms with van der Waals surface area (Å²) in [6.07, 6.45) is 0.553. The lowest BCUT2D eigenvalue weighted by molar-refractivity contribution is -0.125. The van der Waals surface area contributed by atoms with E-state index in [1.807, 2.05) is 25.1 Å². The zero-order valence-corrected chi connectivity index (χ0v) is 24.1. The molecule has 9 heteroatoms. The monoisotopic (exact) mass is 606 g/mol. The summed E-state index contributed by atoms with van der Waals surface area (Å²) in [5.41, 5.74) is 4.34. The summed E-state index contributed by atoms with van der Waals surface area (Å²) in [5, 5.41) is 7.03. The predicted molar refractivity (Wildman–Crippen MR) is 158 cm³/mol. The van der Waals surface area contributed by atoms with Crippen molar-refractivity contribution in [2.75, 3.05) is 41.0 Å². The normalized spacial score (nSPS) is 22.1. The summed E-state index contributed by atoms with van der Waals surface area (Å²) in [6, 6.07) is 20.9. The Balaban J connectivity index is 1.39. The first-order valence-corrected chi connectivity index (χ1v) is 14.2. The van der Waals surface area contributed by atoms with E-state index in [0.29, 0.717) is 35.8 Å². The minimum Gasteiger partial charge on any atom is -0.462 e. The summed E-state index contributed by atoms with van der Waals surface area (Å²) < 4.78 is 6.09. The van der Waals surface area contributed by atoms with Crippen molar-refractivity contribution in [2.45, 2.75) is 26.3 Å². The highest BCUT2D eigenvalue weighted by atomic mass is 79.9. The largest absolute Gasteiger partial charge is 0.462 e. The molecule has 0 aromatic heterocycles. The number of fused-ring (bicyclic) bond motifs is 4. The van der Waals surface area contributed by atoms with Crippen LogP contribution in [0.2, 0.25) is 5.02 Å². The van der Waals surface area contributed by atoms with Gasteiger partial charge in [0, 0.05) is 40.5 Å². The molecule has 3 heterocycles. The van der Waals surface area contributed by atoms with Gasteiger partial charge in [-0.1, -0.05) is 33.6 Å². The Hall–Kier alpha value is -3.36. The van der Waals surface area contributed by atoms with E-state index in [1.165, 1.54) is 5.01 Å². The third-order valence-electron chi connectivity index (χ3n) is 8.04. The molecule has 200 valence electrons. The Morgan fingerprint density at radius 3 is 2.64 bits per heavy atom. The van der Waals surface area contributed by atoms with E-state index in [4.69, 9.17) is 21.4 Å². The number of ether oxygens (including phenoxy) is 1. The Labute approximate surface area is 241 Å². The van der Waals surface area contributed by atoms with Crippen molar-refractivity contribution in [1.29, 1.82) is 0 Å². The van der Waals surface area contributed by atoms with E-state index < -0.39 is 5.41 Å². The maximum atomic E-state index is 14.5. The number of benzene rings is 3. The van der Waals surface area contributed by atoms with Crippen LogP contribution < -0.4 is 14.8 Å². The maximum Gasteiger partial charge on any atom is 0.338 e. The standard InChI is InChI=1S/C30H28BrClN4O3/c1-3-39-28(37)20-7-10-24(11-8-20)36-29(38)30(19(2)33-36)17-21-15-22(31)9-12-26(21)35-14-13-34(18-27(30)35)25-6-4-5-23(32)16-25/h4-12,15-16,27H,3,13-14,17-18H2,1-2H3/t27-,30+/m1/s1. The van der Waals surface area contributed by atoms with Crippen LogP contribution in [0.25, 0.3) is 0 Å². The number of hydrogen-bond donors (Lipinski definition) is 0. The fourth-order valence-electron chi connectivity index (χ4n) is 6.14. The number of anilines is 3. The lowest BCUT2D eigenvalue weighted by Crippen LogP contribution is -2.67. The van der Waals surface area contributed by atoms with Crippen molar-refractivity contribution < 1.29 is 14.3 Å². The summed E-state index contributed by atoms with van der Waals surface area (Å²) >= 11 is 9.96. The molecule has 0 bridgehead atoms. The molecule has 3 aromatic rings. The highest BCUT2D eigenvalue weighted by Gasteiger charge is 2.60. The lowest BCUT2D eigenvalue weighted by Gasteiger charge is -2.53. The van der Waals surface area contributed by atoms with Crippen LogP contribution >= 0.6 is 27.5 Å². The molecule has 1 saturated heterocycles. The second-order valence-electron chi connectivity index (χ2n) is 10.1. The van der Waals surface area contributed by atoms with Crippen molar-refractivity contribution in [3.8, 4) is 0 Å². The van der Waals surface area contributed by atoms with Gasteiger partial charge in [0.25, 0.3) is 5.91 Å². The van der Waals surface area contributed by atoms with Gasteiger partial charge >= 0.3 is 5.97 Å². The van der Waals surface area contributed by atoms with Gasteiger partial charge in [-0.15, -0.1) is 0 Å². The Bertz CT molecular complexity index is 1490. The van der Waals surface area contributed by atoms with Crippen LogP contribution in [0.5, 0.6) is 0 Å². The molecule has 0 radical (unpaired) electrons. The molecule has 7 nitrogen and oxygen atoms in total. The number of halogens is 2. The van der Waals surface area contributed by atoms with Gasteiger partial charge in [-0.3, -0.25) is 4.79 Å². The van der Waals surface area contributed by atoms with Crippen LogP contribution in [-0.2, 0) is 16.0 Å². The Kier molecular flexibility index (Phi) is 6.63. The average molecular weight is 608 g/mol. The van der Waals surface area contributed by atoms with E-state index in [-0.39, 0.29) is 17.9 Å². The molecule has 3 aliphatic heterocycles. The number of nitrogens with zero attached hydrogens (tertiary/aromatic N) is 4. The van der Waals surface area contributed by atoms with Gasteiger partial charge in [-0.25, -0.2) is 4.79 Å². The molecular formula is C30H28BrClN4O3. The molecule has 39 heavy (non-hydrogen) atoms. The van der Waals surface area contributed by atoms with Crippen molar-refractivity contribution in [3.63, 3.8) is 0 Å². The third-order valence-corrected chi connectivity index (χ3v) is 8.76. The zero-order chi connectivity index (χ0) is 27.3. The predicted octanol–water partition coefficient (Wildman–Crippen LogP) is 5.94. The molecule has 1 spiro atoms. The highest BCUT2D eigenvalue weighted by Crippen LogP contribution is 2.49. The summed E-state index contributed by atoms with van der Waals surface area (Å²) in [6.45, 7) is 6.27. The van der Waals surface area contributed by atoms with Crippen LogP contribution in [0.3, 0.4) is 0 Å². The molecule has 1 fully saturated rings. The molecule has 0 saturated carbocycles. The van der Waals surface area contributed by atoms with Crippen LogP contribution in [0, 0.1) is 5.41 Å². The first-order chi connectivity index (χ1) is 18.8. The number of amides is 1. The van der Waals surface area contributed by atoms with Crippen molar-refractivity contribution in [1.82, 2.24) is 0 Å². The average Bonchev–Trinajstić information content (AvgIpc) is 3.18. The van der Waals surface area contributed by atoms with Crippen molar-refractivity contribution in [3.05, 3.63) is 87.4 Å². The van der Waals surface area contributed by atoms with E-state index in [1.54, 1.807) is 31.2 Å². The summed E-state index contributed by atoms with van der Waals surface area (Å²) in [5.74, 6) is -0.446. The summed E-state index contributed by atoms with van der Waals surface area (Å²) in [7, 11) is 0. The van der Waals surface area contributed by atoms with Crippen LogP contribution in [0.15, 0.2) is 76.3 Å². The van der Waals surface area contributed by atoms with Gasteiger partial charge in [0.05, 0.1) is 29.6 Å². The fraction of sp³-hybridized carbons (Fsp3) is 0.300. The van der Waals surface area contributed by atoms with E-state index in [9.17, 15) is 9.59 Å². The molecule has 0 N–H and O–H groups in total. The van der Waals surface area contributed by atoms with Gasteiger partial charge in [-0.2, -0.15) is 10.1 Å².